The molecule has 0 aromatic rings. The smallest absolute Gasteiger partial charge is 0.307 e. The van der Waals surface area contributed by atoms with E-state index in [-0.39, 0.29) is 5.97 Å². The normalized spacial score (nSPS) is 5.18. The van der Waals surface area contributed by atoms with E-state index in [2.05, 4.69) is 31.1 Å². The van der Waals surface area contributed by atoms with Crippen molar-refractivity contribution < 1.29 is 14.6 Å². The summed E-state index contributed by atoms with van der Waals surface area (Å²) in [6.45, 7) is 13.4. The summed E-state index contributed by atoms with van der Waals surface area (Å²) in [6, 6.07) is 0. The Hall–Kier alpha value is -1.51. The Balaban J connectivity index is -0.000000109. The maximum atomic E-state index is 9.75. The maximum absolute atomic E-state index is 9.75. The van der Waals surface area contributed by atoms with E-state index in [9.17, 15) is 4.79 Å². The van der Waals surface area contributed by atoms with Gasteiger partial charge in [-0.2, -0.15) is 0 Å². The number of hydrogen-bond acceptors (Lipinski definition) is 3. The van der Waals surface area contributed by atoms with Crippen molar-refractivity contribution in [2.24, 2.45) is 0 Å². The molecule has 0 amide bonds. The maximum Gasteiger partial charge on any atom is 0.307 e. The minimum atomic E-state index is -0.329. The van der Waals surface area contributed by atoms with E-state index in [1.165, 1.54) is 6.92 Å². The van der Waals surface area contributed by atoms with Gasteiger partial charge >= 0.3 is 5.97 Å². The van der Waals surface area contributed by atoms with Crippen molar-refractivity contribution in [2.75, 3.05) is 0 Å². The molecule has 0 aliphatic carbocycles. The van der Waals surface area contributed by atoms with Crippen LogP contribution in [0.25, 0.3) is 0 Å². The van der Waals surface area contributed by atoms with Crippen LogP contribution in [0.15, 0.2) is 38.8 Å². The van der Waals surface area contributed by atoms with Gasteiger partial charge in [0, 0.05) is 6.92 Å². The summed E-state index contributed by atoms with van der Waals surface area (Å²) < 4.78 is 4.17. The summed E-state index contributed by atoms with van der Waals surface area (Å²) in [5.41, 5.74) is 0. The highest BCUT2D eigenvalue weighted by Gasteiger charge is 1.79. The van der Waals surface area contributed by atoms with Crippen LogP contribution in [0.4, 0.5) is 0 Å². The third kappa shape index (κ3) is 161. The highest BCUT2D eigenvalue weighted by molar-refractivity contribution is 5.66. The molecule has 0 saturated carbocycles. The van der Waals surface area contributed by atoms with Gasteiger partial charge in [-0.1, -0.05) is 13.2 Å². The van der Waals surface area contributed by atoms with Gasteiger partial charge in [0.15, 0.2) is 0 Å². The predicted molar refractivity (Wildman–Crippen MR) is 46.0 cm³/mol. The lowest BCUT2D eigenvalue weighted by atomic mass is 10.8. The second-order valence-electron chi connectivity index (χ2n) is 0.959. The van der Waals surface area contributed by atoms with Crippen molar-refractivity contribution in [1.82, 2.24) is 0 Å². The van der Waals surface area contributed by atoms with Crippen molar-refractivity contribution in [3.63, 3.8) is 0 Å². The minimum absolute atomic E-state index is 0.329. The van der Waals surface area contributed by atoms with Crippen LogP contribution in [0.2, 0.25) is 0 Å². The third-order valence-electron chi connectivity index (χ3n) is 0.249. The average molecular weight is 158 g/mol. The molecule has 0 aliphatic heterocycles. The summed E-state index contributed by atoms with van der Waals surface area (Å²) in [4.78, 5) is 9.75. The lowest BCUT2D eigenvalue weighted by Crippen LogP contribution is -1.87. The molecule has 0 aromatic carbocycles. The van der Waals surface area contributed by atoms with Crippen LogP contribution in [0, 0.1) is 0 Å². The van der Waals surface area contributed by atoms with Crippen molar-refractivity contribution in [3.05, 3.63) is 38.8 Å². The molecule has 11 heavy (non-hydrogen) atoms. The molecule has 0 rings (SSSR count). The number of carbonyl (C=O) groups excluding carboxylic acids is 1. The van der Waals surface area contributed by atoms with Gasteiger partial charge in [-0.3, -0.25) is 4.79 Å². The third-order valence-corrected chi connectivity index (χ3v) is 0.249. The Morgan fingerprint density at radius 3 is 1.73 bits per heavy atom. The van der Waals surface area contributed by atoms with Crippen LogP contribution < -0.4 is 0 Å². The Morgan fingerprint density at radius 1 is 1.45 bits per heavy atom. The van der Waals surface area contributed by atoms with Crippen molar-refractivity contribution in [1.29, 1.82) is 0 Å². The number of ether oxygens (including phenoxy) is 1. The van der Waals surface area contributed by atoms with Crippen LogP contribution >= 0.6 is 0 Å². The van der Waals surface area contributed by atoms with Gasteiger partial charge in [-0.25, -0.2) is 0 Å². The molecule has 0 heterocycles. The first kappa shape index (κ1) is 16.2. The van der Waals surface area contributed by atoms with E-state index < -0.39 is 0 Å². The van der Waals surface area contributed by atoms with Crippen molar-refractivity contribution in [2.45, 2.75) is 6.92 Å². The standard InChI is InChI=1S/C4H6O2.C2H4O.C2H4/c1-3-6-4(2)5;1-2-3;1-2/h3H,1H2,2H3;2-3H,1H2;1-2H2. The number of aliphatic hydroxyl groups excluding tert-OH is 1. The van der Waals surface area contributed by atoms with Gasteiger partial charge in [0.1, 0.15) is 0 Å². The molecule has 0 aliphatic rings. The fourth-order valence-corrected chi connectivity index (χ4v) is 0.117. The molecule has 0 fully saturated rings. The molecule has 0 aromatic heterocycles. The zero-order chi connectivity index (χ0) is 9.70. The molecular formula is C8H14O3. The summed E-state index contributed by atoms with van der Waals surface area (Å²) in [5.74, 6) is -0.329. The molecule has 1 N–H and O–H groups in total. The zero-order valence-electron chi connectivity index (χ0n) is 6.75. The van der Waals surface area contributed by atoms with Crippen LogP contribution in [0.1, 0.15) is 6.92 Å². The summed E-state index contributed by atoms with van der Waals surface area (Å²) in [5, 5.41) is 7.33. The van der Waals surface area contributed by atoms with Crippen LogP contribution in [0.3, 0.4) is 0 Å². The van der Waals surface area contributed by atoms with Gasteiger partial charge in [0.05, 0.1) is 12.5 Å². The summed E-state index contributed by atoms with van der Waals surface area (Å²) in [7, 11) is 0. The molecule has 0 radical (unpaired) electrons. The predicted octanol–water partition coefficient (Wildman–Crippen LogP) is 2.18. The van der Waals surface area contributed by atoms with E-state index >= 15 is 0 Å². The van der Waals surface area contributed by atoms with E-state index in [0.717, 1.165) is 12.5 Å². The second-order valence-corrected chi connectivity index (χ2v) is 0.959. The molecular weight excluding hydrogens is 144 g/mol. The molecule has 0 bridgehead atoms. The lowest BCUT2D eigenvalue weighted by molar-refractivity contribution is -0.135. The Bertz CT molecular complexity index is 108. The Kier molecular flexibility index (Phi) is 34.9. The average Bonchev–Trinajstić information content (AvgIpc) is 1.93. The van der Waals surface area contributed by atoms with Crippen LogP contribution in [0.5, 0.6) is 0 Å². The van der Waals surface area contributed by atoms with E-state index in [0.29, 0.717) is 0 Å². The molecule has 3 nitrogen and oxygen atoms in total. The van der Waals surface area contributed by atoms with Gasteiger partial charge in [-0.05, 0) is 0 Å². The first-order chi connectivity index (χ1) is 5.18. The lowest BCUT2D eigenvalue weighted by Gasteiger charge is -1.83. The summed E-state index contributed by atoms with van der Waals surface area (Å²) >= 11 is 0. The molecule has 64 valence electrons. The van der Waals surface area contributed by atoms with Gasteiger partial charge in [0.2, 0.25) is 0 Å². The van der Waals surface area contributed by atoms with Crippen LogP contribution in [-0.4, -0.2) is 11.1 Å². The Labute approximate surface area is 67.3 Å². The highest BCUT2D eigenvalue weighted by atomic mass is 16.5. The number of rotatable bonds is 1. The van der Waals surface area contributed by atoms with Gasteiger partial charge < -0.3 is 9.84 Å². The largest absolute Gasteiger partial charge is 0.516 e. The van der Waals surface area contributed by atoms with E-state index in [1.807, 2.05) is 0 Å². The monoisotopic (exact) mass is 158 g/mol. The molecule has 3 heteroatoms. The topological polar surface area (TPSA) is 46.5 Å². The van der Waals surface area contributed by atoms with E-state index in [4.69, 9.17) is 5.11 Å². The van der Waals surface area contributed by atoms with Gasteiger partial charge in [0.25, 0.3) is 0 Å². The number of aliphatic hydroxyl groups is 1. The van der Waals surface area contributed by atoms with E-state index in [1.54, 1.807) is 0 Å². The number of hydrogen-bond donors (Lipinski definition) is 1. The Morgan fingerprint density at radius 2 is 1.73 bits per heavy atom. The first-order valence-corrected chi connectivity index (χ1v) is 2.72. The molecule has 0 unspecified atom stereocenters. The fourth-order valence-electron chi connectivity index (χ4n) is 0.117. The second kappa shape index (κ2) is 23.6. The molecule has 0 saturated heterocycles. The highest BCUT2D eigenvalue weighted by Crippen LogP contribution is 1.70. The SMILES string of the molecule is C=C.C=CO.C=COC(C)=O. The van der Waals surface area contributed by atoms with Crippen molar-refractivity contribution in [3.8, 4) is 0 Å². The molecule has 0 spiro atoms. The fraction of sp³-hybridized carbons (Fsp3) is 0.125. The summed E-state index contributed by atoms with van der Waals surface area (Å²) in [6.07, 6.45) is 1.85. The van der Waals surface area contributed by atoms with Crippen molar-refractivity contribution >= 4 is 5.97 Å². The molecule has 0 atom stereocenters. The quantitative estimate of drug-likeness (QED) is 0.361. The van der Waals surface area contributed by atoms with Gasteiger partial charge in [-0.15, -0.1) is 13.2 Å². The zero-order valence-corrected chi connectivity index (χ0v) is 6.75. The van der Waals surface area contributed by atoms with Crippen LogP contribution in [-0.2, 0) is 9.53 Å². The number of esters is 1. The number of carbonyl (C=O) groups is 1. The minimum Gasteiger partial charge on any atom is -0.516 e. The first-order valence-electron chi connectivity index (χ1n) is 2.72.